The number of rotatable bonds is 7. The molecular weight excluding hydrogens is 420 g/mol. The molecule has 4 rings (SSSR count). The van der Waals surface area contributed by atoms with Gasteiger partial charge in [-0.25, -0.2) is 8.42 Å². The Hall–Kier alpha value is -3.20. The molecule has 0 amide bonds. The zero-order valence-electron chi connectivity index (χ0n) is 17.5. The van der Waals surface area contributed by atoms with Gasteiger partial charge in [0.1, 0.15) is 19.0 Å². The number of aromatic nitrogens is 1. The van der Waals surface area contributed by atoms with Gasteiger partial charge in [-0.2, -0.15) is 4.98 Å². The summed E-state index contributed by atoms with van der Waals surface area (Å²) in [4.78, 5) is 4.41. The van der Waals surface area contributed by atoms with E-state index in [2.05, 4.69) is 10.3 Å². The molecule has 0 fully saturated rings. The Morgan fingerprint density at radius 1 is 1.10 bits per heavy atom. The first kappa shape index (κ1) is 21.0. The molecule has 1 unspecified atom stereocenters. The van der Waals surface area contributed by atoms with Crippen molar-refractivity contribution in [3.63, 3.8) is 0 Å². The third-order valence-electron chi connectivity index (χ3n) is 5.00. The summed E-state index contributed by atoms with van der Waals surface area (Å²) in [5.41, 5.74) is 0.636. The minimum absolute atomic E-state index is 0.00844. The molecule has 1 N–H and O–H groups in total. The third-order valence-corrected chi connectivity index (χ3v) is 6.66. The summed E-state index contributed by atoms with van der Waals surface area (Å²) in [6.07, 6.45) is 0.780. The molecule has 1 aliphatic rings. The molecule has 31 heavy (non-hydrogen) atoms. The fourth-order valence-corrected chi connectivity index (χ4v) is 4.35. The second-order valence-corrected chi connectivity index (χ2v) is 9.01. The molecule has 1 aromatic heterocycles. The van der Waals surface area contributed by atoms with E-state index in [0.717, 1.165) is 6.42 Å². The lowest BCUT2D eigenvalue weighted by molar-refractivity contribution is 0.171. The highest BCUT2D eigenvalue weighted by Gasteiger charge is 2.30. The molecule has 3 aromatic rings. The highest BCUT2D eigenvalue weighted by molar-refractivity contribution is 7.91. The maximum Gasteiger partial charge on any atom is 0.234 e. The van der Waals surface area contributed by atoms with Crippen molar-refractivity contribution in [3.05, 3.63) is 42.5 Å². The molecule has 2 heterocycles. The Labute approximate surface area is 181 Å². The highest BCUT2D eigenvalue weighted by atomic mass is 32.2. The topological polar surface area (TPSA) is 99.9 Å². The van der Waals surface area contributed by atoms with Crippen LogP contribution in [0.25, 0.3) is 11.5 Å². The van der Waals surface area contributed by atoms with Gasteiger partial charge in [-0.05, 0) is 49.7 Å². The van der Waals surface area contributed by atoms with Gasteiger partial charge in [0, 0.05) is 17.7 Å². The number of fused-ring (bicyclic) bond motifs is 1. The summed E-state index contributed by atoms with van der Waals surface area (Å²) >= 11 is 0. The van der Waals surface area contributed by atoms with Crippen LogP contribution >= 0.6 is 0 Å². The van der Waals surface area contributed by atoms with Crippen LogP contribution in [0.2, 0.25) is 0 Å². The summed E-state index contributed by atoms with van der Waals surface area (Å²) in [5, 5.41) is 2.95. The minimum Gasteiger partial charge on any atom is -0.497 e. The molecule has 1 aliphatic heterocycles. The maximum atomic E-state index is 13.5. The van der Waals surface area contributed by atoms with Gasteiger partial charge >= 0.3 is 0 Å². The smallest absolute Gasteiger partial charge is 0.234 e. The summed E-state index contributed by atoms with van der Waals surface area (Å²) < 4.78 is 49.0. The van der Waals surface area contributed by atoms with Crippen LogP contribution in [-0.4, -0.2) is 39.8 Å². The fourth-order valence-electron chi connectivity index (χ4n) is 3.06. The second-order valence-electron chi connectivity index (χ2n) is 7.14. The highest BCUT2D eigenvalue weighted by Crippen LogP contribution is 2.37. The Bertz CT molecular complexity index is 1170. The van der Waals surface area contributed by atoms with Crippen LogP contribution in [0.5, 0.6) is 17.2 Å². The standard InChI is InChI=1S/C22H24N2O6S/c1-4-14(2)23-21-22(24-20(30-21)15-5-7-16(27-3)8-6-15)31(25,26)17-9-10-18-19(13-17)29-12-11-28-18/h5-10,13-14,23H,4,11-12H2,1-3H3. The van der Waals surface area contributed by atoms with Crippen molar-refractivity contribution in [1.82, 2.24) is 4.98 Å². The van der Waals surface area contributed by atoms with E-state index in [-0.39, 0.29) is 27.7 Å². The van der Waals surface area contributed by atoms with Gasteiger partial charge in [0.15, 0.2) is 11.5 Å². The number of oxazole rings is 1. The van der Waals surface area contributed by atoms with Gasteiger partial charge in [0.2, 0.25) is 26.6 Å². The number of benzene rings is 2. The van der Waals surface area contributed by atoms with Crippen molar-refractivity contribution in [2.45, 2.75) is 36.2 Å². The van der Waals surface area contributed by atoms with E-state index in [4.69, 9.17) is 18.6 Å². The number of hydrogen-bond donors (Lipinski definition) is 1. The number of nitrogens with one attached hydrogen (secondary N) is 1. The number of sulfone groups is 1. The van der Waals surface area contributed by atoms with E-state index < -0.39 is 9.84 Å². The molecule has 0 bridgehead atoms. The monoisotopic (exact) mass is 444 g/mol. The molecular formula is C22H24N2O6S. The molecule has 0 saturated carbocycles. The Morgan fingerprint density at radius 3 is 2.48 bits per heavy atom. The first-order chi connectivity index (χ1) is 14.9. The van der Waals surface area contributed by atoms with Gasteiger partial charge in [-0.3, -0.25) is 0 Å². The number of ether oxygens (including phenoxy) is 3. The number of hydrogen-bond acceptors (Lipinski definition) is 8. The van der Waals surface area contributed by atoms with E-state index >= 15 is 0 Å². The summed E-state index contributed by atoms with van der Waals surface area (Å²) in [7, 11) is -2.41. The number of nitrogens with zero attached hydrogens (tertiary/aromatic N) is 1. The van der Waals surface area contributed by atoms with Gasteiger partial charge in [0.05, 0.1) is 12.0 Å². The average molecular weight is 445 g/mol. The molecule has 9 heteroatoms. The fraction of sp³-hybridized carbons (Fsp3) is 0.318. The van der Waals surface area contributed by atoms with Crippen molar-refractivity contribution in [3.8, 4) is 28.7 Å². The quantitative estimate of drug-likeness (QED) is 0.580. The Balaban J connectivity index is 1.78. The Morgan fingerprint density at radius 2 is 1.81 bits per heavy atom. The molecule has 164 valence electrons. The lowest BCUT2D eigenvalue weighted by Gasteiger charge is -2.18. The van der Waals surface area contributed by atoms with Crippen molar-refractivity contribution >= 4 is 15.7 Å². The first-order valence-electron chi connectivity index (χ1n) is 9.99. The molecule has 0 aliphatic carbocycles. The van der Waals surface area contributed by atoms with E-state index in [1.165, 1.54) is 12.1 Å². The largest absolute Gasteiger partial charge is 0.497 e. The van der Waals surface area contributed by atoms with Gasteiger partial charge in [-0.1, -0.05) is 6.92 Å². The van der Waals surface area contributed by atoms with Crippen LogP contribution in [0.3, 0.4) is 0 Å². The van der Waals surface area contributed by atoms with Gasteiger partial charge < -0.3 is 23.9 Å². The lowest BCUT2D eigenvalue weighted by atomic mass is 10.2. The van der Waals surface area contributed by atoms with E-state index in [9.17, 15) is 8.42 Å². The van der Waals surface area contributed by atoms with E-state index in [0.29, 0.717) is 36.0 Å². The molecule has 1 atom stereocenters. The van der Waals surface area contributed by atoms with Crippen LogP contribution in [0.1, 0.15) is 20.3 Å². The molecule has 8 nitrogen and oxygen atoms in total. The average Bonchev–Trinajstić information content (AvgIpc) is 3.23. The maximum absolute atomic E-state index is 13.5. The molecule has 0 spiro atoms. The zero-order chi connectivity index (χ0) is 22.0. The SMILES string of the molecule is CCC(C)Nc1oc(-c2ccc(OC)cc2)nc1S(=O)(=O)c1ccc2c(c1)OCCO2. The van der Waals surface area contributed by atoms with Crippen LogP contribution in [0.4, 0.5) is 5.88 Å². The second kappa shape index (κ2) is 8.50. The molecule has 2 aromatic carbocycles. The van der Waals surface area contributed by atoms with Crippen molar-refractivity contribution in [2.75, 3.05) is 25.6 Å². The van der Waals surface area contributed by atoms with Crippen LogP contribution in [0.15, 0.2) is 56.8 Å². The summed E-state index contributed by atoms with van der Waals surface area (Å²) in [6.45, 7) is 4.73. The van der Waals surface area contributed by atoms with Crippen molar-refractivity contribution in [2.24, 2.45) is 0 Å². The molecule has 0 saturated heterocycles. The van der Waals surface area contributed by atoms with Gasteiger partial charge in [0.25, 0.3) is 0 Å². The minimum atomic E-state index is -3.98. The van der Waals surface area contributed by atoms with Crippen LogP contribution in [-0.2, 0) is 9.84 Å². The van der Waals surface area contributed by atoms with E-state index in [1.807, 2.05) is 13.8 Å². The van der Waals surface area contributed by atoms with Crippen molar-refractivity contribution < 1.29 is 27.0 Å². The Kier molecular flexibility index (Phi) is 5.77. The van der Waals surface area contributed by atoms with Gasteiger partial charge in [-0.15, -0.1) is 0 Å². The number of anilines is 1. The molecule has 0 radical (unpaired) electrons. The third kappa shape index (κ3) is 4.18. The summed E-state index contributed by atoms with van der Waals surface area (Å²) in [6, 6.07) is 11.6. The van der Waals surface area contributed by atoms with Crippen LogP contribution in [0, 0.1) is 0 Å². The summed E-state index contributed by atoms with van der Waals surface area (Å²) in [5.74, 6) is 1.89. The lowest BCUT2D eigenvalue weighted by Crippen LogP contribution is -2.17. The predicted octanol–water partition coefficient (Wildman–Crippen LogP) is 4.16. The van der Waals surface area contributed by atoms with Crippen LogP contribution < -0.4 is 19.5 Å². The predicted molar refractivity (Wildman–Crippen MR) is 115 cm³/mol. The normalized spacial score (nSPS) is 14.2. The first-order valence-corrected chi connectivity index (χ1v) is 11.5. The number of methoxy groups -OCH3 is 1. The van der Waals surface area contributed by atoms with Crippen molar-refractivity contribution in [1.29, 1.82) is 0 Å². The van der Waals surface area contributed by atoms with E-state index in [1.54, 1.807) is 37.4 Å². The zero-order valence-corrected chi connectivity index (χ0v) is 18.4.